The Kier molecular flexibility index (Phi) is 23.5. The zero-order valence-corrected chi connectivity index (χ0v) is 16.9. The zero-order chi connectivity index (χ0) is 20.5. The monoisotopic (exact) mass is 412 g/mol. The summed E-state index contributed by atoms with van der Waals surface area (Å²) in [5, 5.41) is 8.52. The predicted octanol–water partition coefficient (Wildman–Crippen LogP) is -0.342. The molecule has 0 unspecified atom stereocenters. The molecule has 0 bridgehead atoms. The fraction of sp³-hybridized carbons (Fsp3) is 0.944. The number of carbonyl (C=O) groups is 1. The zero-order valence-electron chi connectivity index (χ0n) is 16.9. The Morgan fingerprint density at radius 2 is 0.893 bits per heavy atom. The lowest BCUT2D eigenvalue weighted by molar-refractivity contribution is -0.149. The van der Waals surface area contributed by atoms with Crippen LogP contribution in [0.25, 0.3) is 0 Å². The van der Waals surface area contributed by atoms with Crippen LogP contribution < -0.4 is 0 Å². The minimum atomic E-state index is -0.370. The first kappa shape index (κ1) is 27.1. The smallest absolute Gasteiger partial charge is 0.332 e. The molecule has 0 atom stereocenters. The van der Waals surface area contributed by atoms with E-state index < -0.39 is 0 Å². The SMILES string of the molecule is CCOC(=O)COCCOCCOCCOCCOCCOCCOCCO. The van der Waals surface area contributed by atoms with Crippen LogP contribution in [-0.2, 0) is 42.7 Å². The van der Waals surface area contributed by atoms with Gasteiger partial charge in [0.1, 0.15) is 6.61 Å². The van der Waals surface area contributed by atoms with Crippen LogP contribution in [0.3, 0.4) is 0 Å². The van der Waals surface area contributed by atoms with Gasteiger partial charge in [-0.25, -0.2) is 4.79 Å². The summed E-state index contributed by atoms with van der Waals surface area (Å²) in [7, 11) is 0. The van der Waals surface area contributed by atoms with Gasteiger partial charge in [-0.1, -0.05) is 0 Å². The van der Waals surface area contributed by atoms with Gasteiger partial charge in [-0.15, -0.1) is 0 Å². The van der Waals surface area contributed by atoms with Crippen LogP contribution in [0.5, 0.6) is 0 Å². The summed E-state index contributed by atoms with van der Waals surface area (Å²) in [5.41, 5.74) is 0. The Morgan fingerprint density at radius 3 is 1.21 bits per heavy atom. The second kappa shape index (κ2) is 24.2. The van der Waals surface area contributed by atoms with Crippen molar-refractivity contribution in [1.29, 1.82) is 0 Å². The van der Waals surface area contributed by atoms with Crippen molar-refractivity contribution in [3.8, 4) is 0 Å². The highest BCUT2D eigenvalue weighted by Gasteiger charge is 2.00. The lowest BCUT2D eigenvalue weighted by Gasteiger charge is -2.08. The van der Waals surface area contributed by atoms with Crippen LogP contribution in [0.4, 0.5) is 0 Å². The Balaban J connectivity index is 3.02. The van der Waals surface area contributed by atoms with Crippen LogP contribution in [-0.4, -0.2) is 117 Å². The molecule has 0 amide bonds. The lowest BCUT2D eigenvalue weighted by Crippen LogP contribution is -2.16. The number of hydrogen-bond acceptors (Lipinski definition) is 10. The molecular weight excluding hydrogens is 376 g/mol. The Labute approximate surface area is 167 Å². The Hall–Kier alpha value is -0.850. The van der Waals surface area contributed by atoms with Gasteiger partial charge in [0.15, 0.2) is 0 Å². The standard InChI is InChI=1S/C18H36O10/c1-2-28-18(20)17-27-16-15-26-14-13-25-12-11-24-10-9-23-8-7-22-6-5-21-4-3-19/h19H,2-17H2,1H3. The second-order valence-electron chi connectivity index (χ2n) is 5.26. The van der Waals surface area contributed by atoms with E-state index >= 15 is 0 Å². The van der Waals surface area contributed by atoms with Crippen LogP contribution in [0.2, 0.25) is 0 Å². The fourth-order valence-electron chi connectivity index (χ4n) is 1.74. The second-order valence-corrected chi connectivity index (χ2v) is 5.26. The van der Waals surface area contributed by atoms with Gasteiger partial charge < -0.3 is 43.0 Å². The Morgan fingerprint density at radius 1 is 0.571 bits per heavy atom. The summed E-state index contributed by atoms with van der Waals surface area (Å²) in [6.07, 6.45) is 0. The summed E-state index contributed by atoms with van der Waals surface area (Å²) in [6, 6.07) is 0. The van der Waals surface area contributed by atoms with Crippen molar-refractivity contribution in [1.82, 2.24) is 0 Å². The Bertz CT molecular complexity index is 317. The van der Waals surface area contributed by atoms with Crippen molar-refractivity contribution in [2.45, 2.75) is 6.92 Å². The maximum atomic E-state index is 11.0. The molecule has 0 saturated heterocycles. The molecular formula is C18H36O10. The number of esters is 1. The molecule has 0 aliphatic rings. The van der Waals surface area contributed by atoms with Crippen LogP contribution in [0, 0.1) is 0 Å². The minimum Gasteiger partial charge on any atom is -0.464 e. The number of ether oxygens (including phenoxy) is 8. The highest BCUT2D eigenvalue weighted by molar-refractivity contribution is 5.70. The molecule has 0 aliphatic heterocycles. The normalized spacial score (nSPS) is 11.1. The van der Waals surface area contributed by atoms with E-state index in [1.807, 2.05) is 0 Å². The summed E-state index contributed by atoms with van der Waals surface area (Å²) in [6.45, 7) is 8.00. The van der Waals surface area contributed by atoms with Gasteiger partial charge >= 0.3 is 5.97 Å². The third-order valence-electron chi connectivity index (χ3n) is 2.99. The highest BCUT2D eigenvalue weighted by atomic mass is 16.6. The van der Waals surface area contributed by atoms with Crippen LogP contribution >= 0.6 is 0 Å². The molecule has 0 heterocycles. The van der Waals surface area contributed by atoms with Crippen molar-refractivity contribution in [3.63, 3.8) is 0 Å². The van der Waals surface area contributed by atoms with Crippen molar-refractivity contribution in [2.75, 3.05) is 106 Å². The number of aliphatic hydroxyl groups excluding tert-OH is 1. The average Bonchev–Trinajstić information content (AvgIpc) is 2.69. The van der Waals surface area contributed by atoms with Gasteiger partial charge in [0.25, 0.3) is 0 Å². The highest BCUT2D eigenvalue weighted by Crippen LogP contribution is 1.86. The largest absolute Gasteiger partial charge is 0.464 e. The molecule has 0 saturated carbocycles. The van der Waals surface area contributed by atoms with E-state index in [0.29, 0.717) is 92.5 Å². The van der Waals surface area contributed by atoms with Crippen molar-refractivity contribution >= 4 is 5.97 Å². The number of rotatable bonds is 23. The molecule has 0 fully saturated rings. The molecule has 0 rings (SSSR count). The van der Waals surface area contributed by atoms with Gasteiger partial charge in [-0.3, -0.25) is 0 Å². The van der Waals surface area contributed by atoms with E-state index in [1.165, 1.54) is 0 Å². The third-order valence-corrected chi connectivity index (χ3v) is 2.99. The third kappa shape index (κ3) is 23.2. The van der Waals surface area contributed by atoms with Crippen molar-refractivity contribution in [2.24, 2.45) is 0 Å². The average molecular weight is 412 g/mol. The molecule has 0 aromatic carbocycles. The molecule has 28 heavy (non-hydrogen) atoms. The molecule has 1 N–H and O–H groups in total. The number of aliphatic hydroxyl groups is 1. The van der Waals surface area contributed by atoms with Gasteiger partial charge in [-0.05, 0) is 6.92 Å². The maximum Gasteiger partial charge on any atom is 0.332 e. The summed E-state index contributed by atoms with van der Waals surface area (Å²) in [5.74, 6) is -0.370. The first-order valence-corrected chi connectivity index (χ1v) is 9.62. The molecule has 0 aromatic rings. The van der Waals surface area contributed by atoms with Gasteiger partial charge in [-0.2, -0.15) is 0 Å². The predicted molar refractivity (Wildman–Crippen MR) is 99.5 cm³/mol. The van der Waals surface area contributed by atoms with E-state index in [4.69, 9.17) is 43.0 Å². The topological polar surface area (TPSA) is 111 Å². The van der Waals surface area contributed by atoms with Gasteiger partial charge in [0.2, 0.25) is 0 Å². The van der Waals surface area contributed by atoms with E-state index in [1.54, 1.807) is 6.92 Å². The molecule has 0 aromatic heterocycles. The van der Waals surface area contributed by atoms with E-state index in [9.17, 15) is 4.79 Å². The van der Waals surface area contributed by atoms with Gasteiger partial charge in [0.05, 0.1) is 99.1 Å². The first-order chi connectivity index (χ1) is 13.8. The molecule has 0 aliphatic carbocycles. The molecule has 10 nitrogen and oxygen atoms in total. The van der Waals surface area contributed by atoms with Gasteiger partial charge in [0, 0.05) is 0 Å². The summed E-state index contributed by atoms with van der Waals surface area (Å²) in [4.78, 5) is 11.0. The quantitative estimate of drug-likeness (QED) is 0.177. The summed E-state index contributed by atoms with van der Waals surface area (Å²) < 4.78 is 41.5. The lowest BCUT2D eigenvalue weighted by atomic mass is 10.6. The van der Waals surface area contributed by atoms with Crippen LogP contribution in [0.15, 0.2) is 0 Å². The number of carbonyl (C=O) groups excluding carboxylic acids is 1. The first-order valence-electron chi connectivity index (χ1n) is 9.62. The minimum absolute atomic E-state index is 0.0250. The van der Waals surface area contributed by atoms with E-state index in [-0.39, 0.29) is 19.2 Å². The van der Waals surface area contributed by atoms with Crippen molar-refractivity contribution < 1.29 is 47.8 Å². The molecule has 0 spiro atoms. The molecule has 168 valence electrons. The van der Waals surface area contributed by atoms with Crippen LogP contribution in [0.1, 0.15) is 6.92 Å². The summed E-state index contributed by atoms with van der Waals surface area (Å²) >= 11 is 0. The van der Waals surface area contributed by atoms with E-state index in [2.05, 4.69) is 0 Å². The molecule has 10 heteroatoms. The number of hydrogen-bond donors (Lipinski definition) is 1. The maximum absolute atomic E-state index is 11.0. The van der Waals surface area contributed by atoms with E-state index in [0.717, 1.165) is 0 Å². The fourth-order valence-corrected chi connectivity index (χ4v) is 1.74. The molecule has 0 radical (unpaired) electrons. The van der Waals surface area contributed by atoms with Crippen molar-refractivity contribution in [3.05, 3.63) is 0 Å².